The number of carbonyl (C=O) groups is 2. The van der Waals surface area contributed by atoms with Crippen LogP contribution in [0.3, 0.4) is 0 Å². The zero-order valence-electron chi connectivity index (χ0n) is 17.8. The maximum Gasteiger partial charge on any atom is 0.239 e. The monoisotopic (exact) mass is 432 g/mol. The van der Waals surface area contributed by atoms with Crippen molar-refractivity contribution in [3.8, 4) is 0 Å². The van der Waals surface area contributed by atoms with Crippen molar-refractivity contribution in [1.29, 1.82) is 0 Å². The van der Waals surface area contributed by atoms with Crippen molar-refractivity contribution in [3.05, 3.63) is 102 Å². The Hall–Kier alpha value is -3.55. The molecule has 4 N–H and O–H groups in total. The van der Waals surface area contributed by atoms with Crippen LogP contribution in [0.5, 0.6) is 0 Å². The molecule has 0 fully saturated rings. The van der Waals surface area contributed by atoms with E-state index in [1.54, 1.807) is 6.20 Å². The number of rotatable bonds is 11. The first-order valence-corrected chi connectivity index (χ1v) is 10.5. The lowest BCUT2D eigenvalue weighted by Gasteiger charge is -2.20. The van der Waals surface area contributed by atoms with Crippen LogP contribution in [0, 0.1) is 0 Å². The van der Waals surface area contributed by atoms with Crippen molar-refractivity contribution in [2.75, 3.05) is 13.2 Å². The van der Waals surface area contributed by atoms with Gasteiger partial charge in [-0.15, -0.1) is 0 Å². The van der Waals surface area contributed by atoms with Crippen molar-refractivity contribution in [2.24, 2.45) is 5.73 Å². The lowest BCUT2D eigenvalue weighted by atomic mass is 10.0. The van der Waals surface area contributed by atoms with Gasteiger partial charge in [-0.1, -0.05) is 66.7 Å². The summed E-state index contributed by atoms with van der Waals surface area (Å²) in [5.74, 6) is -0.741. The van der Waals surface area contributed by atoms with Crippen molar-refractivity contribution >= 4 is 11.8 Å². The van der Waals surface area contributed by atoms with E-state index in [-0.39, 0.29) is 25.1 Å². The molecule has 1 heterocycles. The van der Waals surface area contributed by atoms with Gasteiger partial charge in [0.25, 0.3) is 0 Å². The highest BCUT2D eigenvalue weighted by Crippen LogP contribution is 2.17. The number of hydrogen-bond donors (Lipinski definition) is 3. The van der Waals surface area contributed by atoms with E-state index in [0.29, 0.717) is 13.0 Å². The molecule has 2 amide bonds. The van der Waals surface area contributed by atoms with Crippen molar-refractivity contribution in [2.45, 2.75) is 25.1 Å². The molecule has 3 rings (SSSR count). The highest BCUT2D eigenvalue weighted by molar-refractivity contribution is 5.87. The maximum atomic E-state index is 12.5. The highest BCUT2D eigenvalue weighted by atomic mass is 16.5. The van der Waals surface area contributed by atoms with Crippen LogP contribution in [-0.4, -0.2) is 36.0 Å². The van der Waals surface area contributed by atoms with Crippen LogP contribution in [0.25, 0.3) is 0 Å². The maximum absolute atomic E-state index is 12.5. The summed E-state index contributed by atoms with van der Waals surface area (Å²) in [5, 5.41) is 5.55. The number of nitrogens with zero attached hydrogens (tertiary/aromatic N) is 1. The first-order valence-electron chi connectivity index (χ1n) is 10.5. The largest absolute Gasteiger partial charge is 0.375 e. The molecule has 0 aliphatic rings. The molecule has 32 heavy (non-hydrogen) atoms. The fourth-order valence-electron chi connectivity index (χ4n) is 3.16. The fraction of sp³-hybridized carbons (Fsp3) is 0.240. The molecule has 0 saturated heterocycles. The topological polar surface area (TPSA) is 106 Å². The van der Waals surface area contributed by atoms with Crippen molar-refractivity contribution in [1.82, 2.24) is 15.6 Å². The summed E-state index contributed by atoms with van der Waals surface area (Å²) in [6.07, 6.45) is 2.26. The molecule has 0 saturated carbocycles. The van der Waals surface area contributed by atoms with Crippen molar-refractivity contribution in [3.63, 3.8) is 0 Å². The van der Waals surface area contributed by atoms with E-state index >= 15 is 0 Å². The Labute approximate surface area is 188 Å². The molecule has 2 aromatic carbocycles. The number of carbonyl (C=O) groups excluding carboxylic acids is 2. The molecular formula is C25H28N4O3. The van der Waals surface area contributed by atoms with Gasteiger partial charge in [0.1, 0.15) is 6.04 Å². The molecule has 7 nitrogen and oxygen atoms in total. The summed E-state index contributed by atoms with van der Waals surface area (Å²) in [6, 6.07) is 23.8. The first-order chi connectivity index (χ1) is 15.6. The molecule has 0 aliphatic carbocycles. The molecule has 7 heteroatoms. The van der Waals surface area contributed by atoms with Gasteiger partial charge in [-0.2, -0.15) is 0 Å². The minimum Gasteiger partial charge on any atom is -0.375 e. The van der Waals surface area contributed by atoms with Gasteiger partial charge in [-0.3, -0.25) is 14.6 Å². The minimum absolute atomic E-state index is 0.0642. The summed E-state index contributed by atoms with van der Waals surface area (Å²) in [4.78, 5) is 29.1. The van der Waals surface area contributed by atoms with Crippen LogP contribution < -0.4 is 16.4 Å². The minimum atomic E-state index is -0.857. The van der Waals surface area contributed by atoms with Gasteiger partial charge in [-0.25, -0.2) is 0 Å². The standard InChI is InChI=1S/C25H28N4O3/c26-22(18-32-17-19-9-3-1-4-10-19)25(31)28-16-24(30)29-23(20-11-5-2-6-12-20)15-21-13-7-8-14-27-21/h1-14,22-23H,15-18,26H2,(H,28,31)(H,29,30)/t22-,23?/m0/s1. The number of aromatic nitrogens is 1. The van der Waals surface area contributed by atoms with Crippen LogP contribution in [0.15, 0.2) is 85.1 Å². The SMILES string of the molecule is N[C@@H](COCc1ccccc1)C(=O)NCC(=O)NC(Cc1ccccn1)c1ccccc1. The predicted octanol–water partition coefficient (Wildman–Crippen LogP) is 2.14. The average molecular weight is 433 g/mol. The number of amides is 2. The summed E-state index contributed by atoms with van der Waals surface area (Å²) < 4.78 is 5.50. The van der Waals surface area contributed by atoms with Crippen LogP contribution in [-0.2, 0) is 27.4 Å². The second-order valence-corrected chi connectivity index (χ2v) is 7.38. The van der Waals surface area contributed by atoms with E-state index in [9.17, 15) is 9.59 Å². The van der Waals surface area contributed by atoms with E-state index in [1.165, 1.54) is 0 Å². The second kappa shape index (κ2) is 12.3. The lowest BCUT2D eigenvalue weighted by Crippen LogP contribution is -2.47. The number of hydrogen-bond acceptors (Lipinski definition) is 5. The summed E-state index contributed by atoms with van der Waals surface area (Å²) in [6.45, 7) is 0.264. The van der Waals surface area contributed by atoms with Crippen LogP contribution in [0.1, 0.15) is 22.9 Å². The lowest BCUT2D eigenvalue weighted by molar-refractivity contribution is -0.128. The Morgan fingerprint density at radius 3 is 2.31 bits per heavy atom. The number of benzene rings is 2. The third kappa shape index (κ3) is 7.61. The zero-order chi connectivity index (χ0) is 22.6. The molecule has 1 unspecified atom stereocenters. The molecule has 0 radical (unpaired) electrons. The Bertz CT molecular complexity index is 968. The molecule has 1 aromatic heterocycles. The molecule has 0 aliphatic heterocycles. The van der Waals surface area contributed by atoms with Gasteiger partial charge >= 0.3 is 0 Å². The van der Waals surface area contributed by atoms with E-state index in [4.69, 9.17) is 10.5 Å². The molecule has 3 aromatic rings. The third-order valence-corrected chi connectivity index (χ3v) is 4.85. The fourth-order valence-corrected chi connectivity index (χ4v) is 3.16. The number of nitrogens with two attached hydrogens (primary N) is 1. The molecule has 0 spiro atoms. The van der Waals surface area contributed by atoms with Gasteiger partial charge in [0.05, 0.1) is 25.8 Å². The van der Waals surface area contributed by atoms with Crippen LogP contribution >= 0.6 is 0 Å². The Morgan fingerprint density at radius 2 is 1.62 bits per heavy atom. The molecule has 166 valence electrons. The normalized spacial score (nSPS) is 12.5. The Balaban J connectivity index is 1.47. The van der Waals surface area contributed by atoms with E-state index in [1.807, 2.05) is 78.9 Å². The van der Waals surface area contributed by atoms with Crippen LogP contribution in [0.2, 0.25) is 0 Å². The highest BCUT2D eigenvalue weighted by Gasteiger charge is 2.18. The summed E-state index contributed by atoms with van der Waals surface area (Å²) in [7, 11) is 0. The third-order valence-electron chi connectivity index (χ3n) is 4.85. The van der Waals surface area contributed by atoms with Gasteiger partial charge in [0.15, 0.2) is 0 Å². The molecular weight excluding hydrogens is 404 g/mol. The second-order valence-electron chi connectivity index (χ2n) is 7.38. The van der Waals surface area contributed by atoms with Gasteiger partial charge in [-0.05, 0) is 23.3 Å². The van der Waals surface area contributed by atoms with E-state index in [0.717, 1.165) is 16.8 Å². The van der Waals surface area contributed by atoms with Gasteiger partial charge < -0.3 is 21.1 Å². The average Bonchev–Trinajstić information content (AvgIpc) is 2.84. The number of ether oxygens (including phenoxy) is 1. The molecule has 2 atom stereocenters. The zero-order valence-corrected chi connectivity index (χ0v) is 17.8. The Kier molecular flexibility index (Phi) is 8.92. The summed E-state index contributed by atoms with van der Waals surface area (Å²) in [5.41, 5.74) is 8.71. The van der Waals surface area contributed by atoms with Crippen molar-refractivity contribution < 1.29 is 14.3 Å². The summed E-state index contributed by atoms with van der Waals surface area (Å²) >= 11 is 0. The number of pyridine rings is 1. The van der Waals surface area contributed by atoms with E-state index in [2.05, 4.69) is 15.6 Å². The van der Waals surface area contributed by atoms with Gasteiger partial charge in [0, 0.05) is 18.3 Å². The van der Waals surface area contributed by atoms with E-state index < -0.39 is 11.9 Å². The van der Waals surface area contributed by atoms with Crippen LogP contribution in [0.4, 0.5) is 0 Å². The quantitative estimate of drug-likeness (QED) is 0.430. The van der Waals surface area contributed by atoms with Gasteiger partial charge in [0.2, 0.25) is 11.8 Å². The Morgan fingerprint density at radius 1 is 0.938 bits per heavy atom. The smallest absolute Gasteiger partial charge is 0.239 e. The molecule has 0 bridgehead atoms. The predicted molar refractivity (Wildman–Crippen MR) is 122 cm³/mol. The number of nitrogens with one attached hydrogen (secondary N) is 2. The first kappa shape index (κ1) is 23.1.